The van der Waals surface area contributed by atoms with Crippen LogP contribution in [0.3, 0.4) is 0 Å². The molecular weight excluding hydrogens is 384 g/mol. The van der Waals surface area contributed by atoms with E-state index < -0.39 is 0 Å². The van der Waals surface area contributed by atoms with Crippen molar-refractivity contribution in [2.75, 3.05) is 25.1 Å². The van der Waals surface area contributed by atoms with E-state index in [4.69, 9.17) is 14.7 Å². The first-order valence-corrected chi connectivity index (χ1v) is 10.9. The number of piperidine rings is 1. The third kappa shape index (κ3) is 3.65. The average molecular weight is 413 g/mol. The molecule has 0 unspecified atom stereocenters. The Morgan fingerprint density at radius 1 is 0.903 bits per heavy atom. The molecule has 2 aromatic carbocycles. The Hall–Kier alpha value is -3.34. The van der Waals surface area contributed by atoms with E-state index >= 15 is 0 Å². The molecule has 3 heterocycles. The number of hydrogen-bond acceptors (Lipinski definition) is 4. The molecule has 0 N–H and O–H groups in total. The molecule has 1 fully saturated rings. The van der Waals surface area contributed by atoms with Crippen LogP contribution in [-0.2, 0) is 0 Å². The second-order valence-corrected chi connectivity index (χ2v) is 8.72. The Morgan fingerprint density at radius 2 is 1.61 bits per heavy atom. The zero-order valence-corrected chi connectivity index (χ0v) is 18.3. The van der Waals surface area contributed by atoms with Gasteiger partial charge in [0, 0.05) is 30.5 Å². The van der Waals surface area contributed by atoms with Gasteiger partial charge in [-0.05, 0) is 48.1 Å². The molecule has 2 aromatic heterocycles. The van der Waals surface area contributed by atoms with Crippen molar-refractivity contribution in [1.82, 2.24) is 14.5 Å². The molecule has 1 aliphatic heterocycles. The fraction of sp³-hybridized carbons (Fsp3) is 0.308. The highest BCUT2D eigenvalue weighted by Gasteiger charge is 2.26. The fourth-order valence-corrected chi connectivity index (χ4v) is 4.90. The zero-order chi connectivity index (χ0) is 21.4. The highest BCUT2D eigenvalue weighted by atomic mass is 16.5. The van der Waals surface area contributed by atoms with Gasteiger partial charge in [0.2, 0.25) is 0 Å². The first kappa shape index (κ1) is 19.6. The largest absolute Gasteiger partial charge is 0.497 e. The quantitative estimate of drug-likeness (QED) is 0.439. The Morgan fingerprint density at radius 3 is 2.29 bits per heavy atom. The second-order valence-electron chi connectivity index (χ2n) is 8.72. The van der Waals surface area contributed by atoms with Gasteiger partial charge >= 0.3 is 0 Å². The summed E-state index contributed by atoms with van der Waals surface area (Å²) in [4.78, 5) is 12.0. The van der Waals surface area contributed by atoms with Crippen LogP contribution in [0.15, 0.2) is 67.1 Å². The lowest BCUT2D eigenvalue weighted by molar-refractivity contribution is 0.356. The van der Waals surface area contributed by atoms with Crippen molar-refractivity contribution in [3.05, 3.63) is 67.1 Å². The predicted octanol–water partition coefficient (Wildman–Crippen LogP) is 5.58. The molecule has 5 nitrogen and oxygen atoms in total. The molecule has 0 bridgehead atoms. The van der Waals surface area contributed by atoms with Crippen LogP contribution in [-0.4, -0.2) is 34.7 Å². The summed E-state index contributed by atoms with van der Waals surface area (Å²) in [5, 5.41) is 1.12. The molecule has 158 valence electrons. The van der Waals surface area contributed by atoms with Crippen LogP contribution in [0.4, 0.5) is 5.82 Å². The van der Waals surface area contributed by atoms with Crippen molar-refractivity contribution < 1.29 is 4.74 Å². The van der Waals surface area contributed by atoms with E-state index in [1.54, 1.807) is 13.4 Å². The highest BCUT2D eigenvalue weighted by molar-refractivity contribution is 6.02. The Bertz CT molecular complexity index is 1170. The molecule has 5 rings (SSSR count). The number of methoxy groups -OCH3 is 1. The van der Waals surface area contributed by atoms with Gasteiger partial charge < -0.3 is 14.2 Å². The molecule has 5 heteroatoms. The fourth-order valence-electron chi connectivity index (χ4n) is 4.90. The standard InChI is InChI=1S/C26H28N4O/c1-18-13-19(2)15-29(14-18)25-24-23(20-7-5-4-6-8-20)16-30(26(24)28-17-27-25)21-9-11-22(31-3)12-10-21/h4-12,16-19H,13-15H2,1-3H3/t18-,19-/m1/s1. The summed E-state index contributed by atoms with van der Waals surface area (Å²) in [7, 11) is 1.69. The van der Waals surface area contributed by atoms with Gasteiger partial charge in [0.05, 0.1) is 12.5 Å². The number of fused-ring (bicyclic) bond motifs is 1. The molecule has 0 spiro atoms. The van der Waals surface area contributed by atoms with E-state index in [0.717, 1.165) is 46.9 Å². The van der Waals surface area contributed by atoms with Crippen molar-refractivity contribution in [1.29, 1.82) is 0 Å². The van der Waals surface area contributed by atoms with Crippen LogP contribution in [0.5, 0.6) is 5.75 Å². The minimum Gasteiger partial charge on any atom is -0.497 e. The van der Waals surface area contributed by atoms with Crippen LogP contribution in [0.2, 0.25) is 0 Å². The lowest BCUT2D eigenvalue weighted by Gasteiger charge is -2.36. The van der Waals surface area contributed by atoms with Crippen LogP contribution in [0.1, 0.15) is 20.3 Å². The van der Waals surface area contributed by atoms with Gasteiger partial charge in [-0.1, -0.05) is 44.2 Å². The van der Waals surface area contributed by atoms with Crippen LogP contribution >= 0.6 is 0 Å². The van der Waals surface area contributed by atoms with Crippen molar-refractivity contribution >= 4 is 16.9 Å². The van der Waals surface area contributed by atoms with Gasteiger partial charge in [-0.2, -0.15) is 0 Å². The molecule has 0 radical (unpaired) electrons. The Balaban J connectivity index is 1.73. The smallest absolute Gasteiger partial charge is 0.150 e. The molecular formula is C26H28N4O. The number of nitrogens with zero attached hydrogens (tertiary/aromatic N) is 4. The summed E-state index contributed by atoms with van der Waals surface area (Å²) in [6, 6.07) is 18.6. The van der Waals surface area contributed by atoms with Crippen molar-refractivity contribution in [3.63, 3.8) is 0 Å². The monoisotopic (exact) mass is 412 g/mol. The number of rotatable bonds is 4. The third-order valence-corrected chi connectivity index (χ3v) is 6.17. The lowest BCUT2D eigenvalue weighted by atomic mass is 9.91. The van der Waals surface area contributed by atoms with Gasteiger partial charge in [-0.15, -0.1) is 0 Å². The minimum atomic E-state index is 0.651. The maximum Gasteiger partial charge on any atom is 0.150 e. The molecule has 31 heavy (non-hydrogen) atoms. The predicted molar refractivity (Wildman–Crippen MR) is 126 cm³/mol. The van der Waals surface area contributed by atoms with Gasteiger partial charge in [0.1, 0.15) is 17.9 Å². The first-order chi connectivity index (χ1) is 15.1. The topological polar surface area (TPSA) is 43.2 Å². The molecule has 0 amide bonds. The van der Waals surface area contributed by atoms with Gasteiger partial charge in [-0.3, -0.25) is 0 Å². The summed E-state index contributed by atoms with van der Waals surface area (Å²) in [5.41, 5.74) is 4.32. The van der Waals surface area contributed by atoms with Crippen LogP contribution in [0, 0.1) is 11.8 Å². The number of anilines is 1. The Labute approximate surface area is 183 Å². The normalized spacial score (nSPS) is 19.0. The van der Waals surface area contributed by atoms with Gasteiger partial charge in [0.15, 0.2) is 5.65 Å². The van der Waals surface area contributed by atoms with Gasteiger partial charge in [-0.25, -0.2) is 9.97 Å². The summed E-state index contributed by atoms with van der Waals surface area (Å²) < 4.78 is 7.51. The molecule has 2 atom stereocenters. The van der Waals surface area contributed by atoms with E-state index in [1.165, 1.54) is 12.0 Å². The van der Waals surface area contributed by atoms with E-state index in [9.17, 15) is 0 Å². The minimum absolute atomic E-state index is 0.651. The summed E-state index contributed by atoms with van der Waals surface area (Å²) in [6.45, 7) is 6.72. The molecule has 1 saturated heterocycles. The number of benzene rings is 2. The number of ether oxygens (including phenoxy) is 1. The van der Waals surface area contributed by atoms with Crippen molar-refractivity contribution in [2.45, 2.75) is 20.3 Å². The zero-order valence-electron chi connectivity index (χ0n) is 18.3. The lowest BCUT2D eigenvalue weighted by Crippen LogP contribution is -2.39. The van der Waals surface area contributed by atoms with E-state index in [0.29, 0.717) is 11.8 Å². The second kappa shape index (κ2) is 8.06. The Kier molecular flexibility index (Phi) is 5.10. The average Bonchev–Trinajstić information content (AvgIpc) is 3.19. The highest BCUT2D eigenvalue weighted by Crippen LogP contribution is 2.38. The summed E-state index contributed by atoms with van der Waals surface area (Å²) in [6.07, 6.45) is 5.16. The van der Waals surface area contributed by atoms with Crippen LogP contribution < -0.4 is 9.64 Å². The van der Waals surface area contributed by atoms with Crippen LogP contribution in [0.25, 0.3) is 27.8 Å². The number of aromatic nitrogens is 3. The maximum absolute atomic E-state index is 5.34. The summed E-state index contributed by atoms with van der Waals surface area (Å²) >= 11 is 0. The molecule has 4 aromatic rings. The van der Waals surface area contributed by atoms with E-state index in [2.05, 4.69) is 72.0 Å². The SMILES string of the molecule is COc1ccc(-n2cc(-c3ccccc3)c3c(N4C[C@H](C)C[C@@H](C)C4)ncnc32)cc1. The summed E-state index contributed by atoms with van der Waals surface area (Å²) in [5.74, 6) is 3.18. The van der Waals surface area contributed by atoms with Crippen molar-refractivity contribution in [2.24, 2.45) is 11.8 Å². The van der Waals surface area contributed by atoms with Crippen molar-refractivity contribution in [3.8, 4) is 22.6 Å². The van der Waals surface area contributed by atoms with E-state index in [-0.39, 0.29) is 0 Å². The van der Waals surface area contributed by atoms with E-state index in [1.807, 2.05) is 12.1 Å². The molecule has 1 aliphatic rings. The first-order valence-electron chi connectivity index (χ1n) is 10.9. The molecule has 0 saturated carbocycles. The van der Waals surface area contributed by atoms with Gasteiger partial charge in [0.25, 0.3) is 0 Å². The maximum atomic E-state index is 5.34. The third-order valence-electron chi connectivity index (χ3n) is 6.17. The number of hydrogen-bond donors (Lipinski definition) is 0. The molecule has 0 aliphatic carbocycles.